The van der Waals surface area contributed by atoms with Crippen molar-refractivity contribution >= 4 is 5.97 Å². The van der Waals surface area contributed by atoms with Crippen LogP contribution in [0.3, 0.4) is 0 Å². The molecule has 1 atom stereocenters. The third-order valence-electron chi connectivity index (χ3n) is 3.76. The van der Waals surface area contributed by atoms with E-state index in [1.807, 2.05) is 24.3 Å². The van der Waals surface area contributed by atoms with Gasteiger partial charge in [-0.2, -0.15) is 0 Å². The minimum Gasteiger partial charge on any atom is -0.497 e. The van der Waals surface area contributed by atoms with Crippen molar-refractivity contribution in [3.63, 3.8) is 0 Å². The Morgan fingerprint density at radius 3 is 2.38 bits per heavy atom. The number of benzene rings is 1. The van der Waals surface area contributed by atoms with Gasteiger partial charge in [-0.05, 0) is 48.9 Å². The van der Waals surface area contributed by atoms with Gasteiger partial charge in [0.25, 0.3) is 0 Å². The van der Waals surface area contributed by atoms with Gasteiger partial charge in [0, 0.05) is 6.42 Å². The monoisotopic (exact) mass is 293 g/mol. The molecule has 0 aliphatic heterocycles. The summed E-state index contributed by atoms with van der Waals surface area (Å²) >= 11 is 0. The van der Waals surface area contributed by atoms with Gasteiger partial charge < -0.3 is 15.2 Å². The molecular weight excluding hydrogens is 266 g/mol. The van der Waals surface area contributed by atoms with Crippen LogP contribution in [0.4, 0.5) is 0 Å². The van der Waals surface area contributed by atoms with E-state index < -0.39 is 0 Å². The summed E-state index contributed by atoms with van der Waals surface area (Å²) < 4.78 is 10.4. The molecule has 1 unspecified atom stereocenters. The Labute approximate surface area is 127 Å². The zero-order valence-corrected chi connectivity index (χ0v) is 13.3. The number of hydrogen-bond donors (Lipinski definition) is 1. The van der Waals surface area contributed by atoms with Crippen LogP contribution < -0.4 is 10.5 Å². The Kier molecular flexibility index (Phi) is 7.83. The Morgan fingerprint density at radius 1 is 1.19 bits per heavy atom. The van der Waals surface area contributed by atoms with Crippen molar-refractivity contribution in [2.45, 2.75) is 39.7 Å². The minimum atomic E-state index is -0.145. The predicted octanol–water partition coefficient (Wildman–Crippen LogP) is 3.14. The van der Waals surface area contributed by atoms with Gasteiger partial charge in [0.05, 0.1) is 7.11 Å². The number of rotatable bonds is 9. The lowest BCUT2D eigenvalue weighted by Gasteiger charge is -2.19. The lowest BCUT2D eigenvalue weighted by atomic mass is 9.88. The molecule has 0 spiro atoms. The topological polar surface area (TPSA) is 61.5 Å². The van der Waals surface area contributed by atoms with E-state index in [2.05, 4.69) is 13.8 Å². The van der Waals surface area contributed by atoms with Gasteiger partial charge in [0.15, 0.2) is 0 Å². The SMILES string of the molecule is COc1ccc(COC(=O)CCC(CCN)C(C)C)cc1. The molecule has 0 heterocycles. The fourth-order valence-corrected chi connectivity index (χ4v) is 2.29. The summed E-state index contributed by atoms with van der Waals surface area (Å²) in [5, 5.41) is 0. The molecule has 0 aromatic heterocycles. The van der Waals surface area contributed by atoms with Crippen LogP contribution >= 0.6 is 0 Å². The predicted molar refractivity (Wildman–Crippen MR) is 84.0 cm³/mol. The fourth-order valence-electron chi connectivity index (χ4n) is 2.29. The highest BCUT2D eigenvalue weighted by atomic mass is 16.5. The summed E-state index contributed by atoms with van der Waals surface area (Å²) in [7, 11) is 1.63. The third kappa shape index (κ3) is 6.63. The molecule has 0 aliphatic carbocycles. The molecule has 0 amide bonds. The van der Waals surface area contributed by atoms with Crippen LogP contribution in [0.15, 0.2) is 24.3 Å². The highest BCUT2D eigenvalue weighted by Crippen LogP contribution is 2.21. The fraction of sp³-hybridized carbons (Fsp3) is 0.588. The lowest BCUT2D eigenvalue weighted by Crippen LogP contribution is -2.16. The molecule has 1 aromatic carbocycles. The van der Waals surface area contributed by atoms with Gasteiger partial charge in [-0.3, -0.25) is 4.79 Å². The van der Waals surface area contributed by atoms with Crippen LogP contribution in [0.1, 0.15) is 38.7 Å². The van der Waals surface area contributed by atoms with Crippen LogP contribution in [-0.2, 0) is 16.1 Å². The van der Waals surface area contributed by atoms with Crippen LogP contribution in [0.25, 0.3) is 0 Å². The van der Waals surface area contributed by atoms with Crippen LogP contribution in [0.5, 0.6) is 5.75 Å². The van der Waals surface area contributed by atoms with E-state index in [0.29, 0.717) is 31.4 Å². The average Bonchev–Trinajstić information content (AvgIpc) is 2.49. The molecule has 21 heavy (non-hydrogen) atoms. The Hall–Kier alpha value is -1.55. The molecule has 1 rings (SSSR count). The maximum Gasteiger partial charge on any atom is 0.306 e. The van der Waals surface area contributed by atoms with Gasteiger partial charge >= 0.3 is 5.97 Å². The van der Waals surface area contributed by atoms with E-state index >= 15 is 0 Å². The van der Waals surface area contributed by atoms with Crippen molar-refractivity contribution in [3.05, 3.63) is 29.8 Å². The van der Waals surface area contributed by atoms with Crippen molar-refractivity contribution in [1.82, 2.24) is 0 Å². The third-order valence-corrected chi connectivity index (χ3v) is 3.76. The summed E-state index contributed by atoms with van der Waals surface area (Å²) in [5.41, 5.74) is 6.57. The summed E-state index contributed by atoms with van der Waals surface area (Å²) in [5.74, 6) is 1.69. The Bertz CT molecular complexity index is 415. The number of esters is 1. The first-order chi connectivity index (χ1) is 10.1. The number of nitrogens with two attached hydrogens (primary N) is 1. The molecular formula is C17H27NO3. The molecule has 1 aromatic rings. The Balaban J connectivity index is 2.32. The summed E-state index contributed by atoms with van der Waals surface area (Å²) in [6, 6.07) is 7.52. The number of carbonyl (C=O) groups is 1. The second-order valence-corrected chi connectivity index (χ2v) is 5.63. The number of hydrogen-bond acceptors (Lipinski definition) is 4. The van der Waals surface area contributed by atoms with Crippen molar-refractivity contribution in [1.29, 1.82) is 0 Å². The molecule has 0 saturated heterocycles. The first-order valence-corrected chi connectivity index (χ1v) is 7.55. The van der Waals surface area contributed by atoms with Crippen molar-refractivity contribution in [2.24, 2.45) is 17.6 Å². The molecule has 0 saturated carbocycles. The van der Waals surface area contributed by atoms with Gasteiger partial charge in [0.1, 0.15) is 12.4 Å². The molecule has 0 radical (unpaired) electrons. The zero-order chi connectivity index (χ0) is 15.7. The van der Waals surface area contributed by atoms with E-state index in [-0.39, 0.29) is 5.97 Å². The molecule has 118 valence electrons. The number of methoxy groups -OCH3 is 1. The molecule has 0 bridgehead atoms. The van der Waals surface area contributed by atoms with E-state index in [1.165, 1.54) is 0 Å². The van der Waals surface area contributed by atoms with E-state index in [1.54, 1.807) is 7.11 Å². The smallest absolute Gasteiger partial charge is 0.306 e. The normalized spacial score (nSPS) is 12.2. The first-order valence-electron chi connectivity index (χ1n) is 7.55. The number of ether oxygens (including phenoxy) is 2. The maximum atomic E-state index is 11.8. The van der Waals surface area contributed by atoms with Gasteiger partial charge in [-0.1, -0.05) is 26.0 Å². The lowest BCUT2D eigenvalue weighted by molar-refractivity contribution is -0.145. The van der Waals surface area contributed by atoms with E-state index in [0.717, 1.165) is 24.2 Å². The second kappa shape index (κ2) is 9.40. The summed E-state index contributed by atoms with van der Waals surface area (Å²) in [4.78, 5) is 11.8. The van der Waals surface area contributed by atoms with Crippen molar-refractivity contribution in [3.8, 4) is 5.75 Å². The van der Waals surface area contributed by atoms with Crippen molar-refractivity contribution < 1.29 is 14.3 Å². The largest absolute Gasteiger partial charge is 0.497 e. The van der Waals surface area contributed by atoms with E-state index in [9.17, 15) is 4.79 Å². The van der Waals surface area contributed by atoms with E-state index in [4.69, 9.17) is 15.2 Å². The summed E-state index contributed by atoms with van der Waals surface area (Å²) in [6.45, 7) is 5.32. The molecule has 4 heteroatoms. The highest BCUT2D eigenvalue weighted by molar-refractivity contribution is 5.69. The van der Waals surface area contributed by atoms with Gasteiger partial charge in [0.2, 0.25) is 0 Å². The van der Waals surface area contributed by atoms with Gasteiger partial charge in [-0.25, -0.2) is 0 Å². The molecule has 2 N–H and O–H groups in total. The standard InChI is InChI=1S/C17H27NO3/c1-13(2)15(10-11-18)6-9-17(19)21-12-14-4-7-16(20-3)8-5-14/h4-5,7-8,13,15H,6,9-12,18H2,1-3H3. The molecule has 0 aliphatic rings. The van der Waals surface area contributed by atoms with Crippen molar-refractivity contribution in [2.75, 3.05) is 13.7 Å². The summed E-state index contributed by atoms with van der Waals surface area (Å²) in [6.07, 6.45) is 2.26. The molecule has 0 fully saturated rings. The minimum absolute atomic E-state index is 0.145. The highest BCUT2D eigenvalue weighted by Gasteiger charge is 2.15. The average molecular weight is 293 g/mol. The number of carbonyl (C=O) groups excluding carboxylic acids is 1. The van der Waals surface area contributed by atoms with Crippen LogP contribution in [-0.4, -0.2) is 19.6 Å². The van der Waals surface area contributed by atoms with Crippen LogP contribution in [0, 0.1) is 11.8 Å². The maximum absolute atomic E-state index is 11.8. The van der Waals surface area contributed by atoms with Crippen LogP contribution in [0.2, 0.25) is 0 Å². The molecule has 4 nitrogen and oxygen atoms in total. The zero-order valence-electron chi connectivity index (χ0n) is 13.3. The Morgan fingerprint density at radius 2 is 1.86 bits per heavy atom. The second-order valence-electron chi connectivity index (χ2n) is 5.63. The van der Waals surface area contributed by atoms with Gasteiger partial charge in [-0.15, -0.1) is 0 Å². The quantitative estimate of drug-likeness (QED) is 0.711. The first kappa shape index (κ1) is 17.5.